The van der Waals surface area contributed by atoms with Crippen LogP contribution in [0.5, 0.6) is 0 Å². The Bertz CT molecular complexity index is 2100. The third-order valence-corrected chi connectivity index (χ3v) is 9.20. The van der Waals surface area contributed by atoms with Crippen LogP contribution in [-0.2, 0) is 9.97 Å². The molecule has 5 rings (SSSR count). The highest BCUT2D eigenvalue weighted by molar-refractivity contribution is 6.56. The molecule has 0 saturated heterocycles. The Balaban J connectivity index is 1.58. The number of amides is 2. The Hall–Kier alpha value is -5.01. The van der Waals surface area contributed by atoms with Gasteiger partial charge in [-0.05, 0) is 65.8 Å². The van der Waals surface area contributed by atoms with Gasteiger partial charge in [-0.1, -0.05) is 38.4 Å². The van der Waals surface area contributed by atoms with Gasteiger partial charge in [0.15, 0.2) is 11.8 Å². The second-order valence-electron chi connectivity index (χ2n) is 15.5. The minimum atomic E-state index is -4.77. The van der Waals surface area contributed by atoms with Crippen LogP contribution in [0, 0.1) is 16.6 Å². The molecule has 1 aliphatic rings. The van der Waals surface area contributed by atoms with Crippen molar-refractivity contribution < 1.29 is 40.7 Å². The Morgan fingerprint density at radius 3 is 2.36 bits per heavy atom. The van der Waals surface area contributed by atoms with E-state index in [-0.39, 0.29) is 57.9 Å². The second kappa shape index (κ2) is 15.9. The van der Waals surface area contributed by atoms with Crippen molar-refractivity contribution in [3.8, 4) is 16.9 Å². The fourth-order valence-electron chi connectivity index (χ4n) is 5.54. The second-order valence-corrected chi connectivity index (χ2v) is 15.9. The molecule has 1 saturated carbocycles. The zero-order valence-electron chi connectivity index (χ0n) is 31.3. The number of ether oxygens (including phenoxy) is 1. The molecular weight excluding hydrogens is 766 g/mol. The van der Waals surface area contributed by atoms with Crippen LogP contribution in [0.4, 0.5) is 31.1 Å². The molecule has 4 aromatic rings. The maximum Gasteiger partial charge on any atom is 0.411 e. The molecule has 2 aromatic carbocycles. The summed E-state index contributed by atoms with van der Waals surface area (Å²) in [6.07, 6.45) is -7.33. The van der Waals surface area contributed by atoms with E-state index >= 15 is 4.39 Å². The molecule has 0 unspecified atom stereocenters. The van der Waals surface area contributed by atoms with Crippen molar-refractivity contribution in [2.24, 2.45) is 5.41 Å². The number of nitrogens with one attached hydrogen (secondary N) is 3. The number of alkyl carbamates (subject to hydrolysis) is 1. The summed E-state index contributed by atoms with van der Waals surface area (Å²) < 4.78 is 90.8. The number of guanidine groups is 1. The summed E-state index contributed by atoms with van der Waals surface area (Å²) in [5.41, 5.74) is -2.90. The van der Waals surface area contributed by atoms with E-state index < -0.39 is 65.6 Å². The summed E-state index contributed by atoms with van der Waals surface area (Å²) in [6, 6.07) is 5.83. The van der Waals surface area contributed by atoms with Gasteiger partial charge in [0.25, 0.3) is 12.3 Å². The van der Waals surface area contributed by atoms with E-state index in [9.17, 15) is 31.5 Å². The standard InChI is InChI=1S/C33H38B3ClF6N10O3/c1-30(2,3)10-11-45-28(44)51(27(54)18-4-6-19(21(38)12-18)22-14-47-53(50-22)33(34,35)36)24(15-56-29(55)49-31(8-9-31)32(41,42)43)17-5-7-20(37)23(13-17)52-26(25(39)40)46-16-48-52/h4-7,12-14,16,24-25H,8-11,15,34-36H2,1-3H3,(H2,44,45)(H,49,55)/t24-/m1/s1. The zero-order chi connectivity index (χ0) is 41.4. The Morgan fingerprint density at radius 2 is 1.79 bits per heavy atom. The lowest BCUT2D eigenvalue weighted by molar-refractivity contribution is -0.164. The number of nitrogens with zero attached hydrogens (tertiary/aromatic N) is 7. The molecule has 2 amide bonds. The van der Waals surface area contributed by atoms with Gasteiger partial charge in [0.2, 0.25) is 0 Å². The normalized spacial score (nSPS) is 14.6. The van der Waals surface area contributed by atoms with Crippen molar-refractivity contribution >= 4 is 53.1 Å². The third-order valence-electron chi connectivity index (χ3n) is 8.88. The average Bonchev–Trinajstić information content (AvgIpc) is 3.46. The van der Waals surface area contributed by atoms with Gasteiger partial charge in [-0.15, -0.1) is 0 Å². The minimum Gasteiger partial charge on any atom is -0.447 e. The number of aromatic nitrogens is 6. The van der Waals surface area contributed by atoms with Crippen molar-refractivity contribution in [1.29, 1.82) is 5.41 Å². The number of carbonyl (C=O) groups is 2. The van der Waals surface area contributed by atoms with Crippen LogP contribution < -0.4 is 10.6 Å². The first-order valence-corrected chi connectivity index (χ1v) is 17.8. The molecule has 0 bridgehead atoms. The van der Waals surface area contributed by atoms with E-state index in [0.29, 0.717) is 6.42 Å². The van der Waals surface area contributed by atoms with Crippen molar-refractivity contribution in [3.63, 3.8) is 0 Å². The van der Waals surface area contributed by atoms with Crippen LogP contribution in [0.25, 0.3) is 16.9 Å². The predicted octanol–water partition coefficient (Wildman–Crippen LogP) is 3.69. The number of benzene rings is 2. The molecule has 13 nitrogen and oxygen atoms in total. The summed E-state index contributed by atoms with van der Waals surface area (Å²) in [4.78, 5) is 33.2. The average molecular weight is 805 g/mol. The highest BCUT2D eigenvalue weighted by Gasteiger charge is 2.64. The van der Waals surface area contributed by atoms with Gasteiger partial charge in [0, 0.05) is 17.7 Å². The summed E-state index contributed by atoms with van der Waals surface area (Å²) in [5, 5.41) is 25.6. The predicted molar refractivity (Wildman–Crippen MR) is 202 cm³/mol. The highest BCUT2D eigenvalue weighted by Crippen LogP contribution is 2.49. The molecule has 1 atom stereocenters. The minimum absolute atomic E-state index is 0.0159. The first-order chi connectivity index (χ1) is 26.0. The molecule has 1 aliphatic carbocycles. The summed E-state index contributed by atoms with van der Waals surface area (Å²) in [7, 11) is 5.56. The number of hydrogen-bond acceptors (Lipinski definition) is 8. The SMILES string of the molecule is BC(B)(B)n1ncc(-c2ccc(C(=O)N(C(=N)NCCC(C)(C)C)[C@H](COC(=O)NC3(C(F)(F)F)CC3)c3ccc(Cl)c(-n4ncnc4C(F)F)c3)cc2F)n1. The van der Waals surface area contributed by atoms with Gasteiger partial charge in [0.05, 0.1) is 22.9 Å². The maximum absolute atomic E-state index is 15.8. The molecule has 2 aromatic heterocycles. The number of rotatable bonds is 12. The first-order valence-electron chi connectivity index (χ1n) is 17.4. The highest BCUT2D eigenvalue weighted by atomic mass is 35.5. The van der Waals surface area contributed by atoms with Crippen molar-refractivity contribution in [2.45, 2.75) is 69.5 Å². The van der Waals surface area contributed by atoms with Gasteiger partial charge in [-0.2, -0.15) is 28.5 Å². The number of carbonyl (C=O) groups excluding carboxylic acids is 2. The Labute approximate surface area is 325 Å². The molecule has 23 heteroatoms. The van der Waals surface area contributed by atoms with E-state index in [1.54, 1.807) is 0 Å². The van der Waals surface area contributed by atoms with Gasteiger partial charge < -0.3 is 15.4 Å². The quantitative estimate of drug-likeness (QED) is 0.0849. The van der Waals surface area contributed by atoms with Gasteiger partial charge in [-0.3, -0.25) is 15.1 Å². The molecular formula is C33H38B3ClF6N10O3. The molecule has 56 heavy (non-hydrogen) atoms. The lowest BCUT2D eigenvalue weighted by Gasteiger charge is -2.33. The Morgan fingerprint density at radius 1 is 1.09 bits per heavy atom. The molecule has 0 aliphatic heterocycles. The fraction of sp³-hybridized carbons (Fsp3) is 0.424. The third kappa shape index (κ3) is 9.50. The van der Waals surface area contributed by atoms with E-state index in [0.717, 1.165) is 22.0 Å². The fourth-order valence-corrected chi connectivity index (χ4v) is 5.74. The largest absolute Gasteiger partial charge is 0.447 e. The Kier molecular flexibility index (Phi) is 11.9. The molecule has 0 radical (unpaired) electrons. The van der Waals surface area contributed by atoms with Crippen molar-refractivity contribution in [3.05, 3.63) is 76.7 Å². The molecule has 3 N–H and O–H groups in total. The maximum atomic E-state index is 15.8. The topological polar surface area (TPSA) is 156 Å². The lowest BCUT2D eigenvalue weighted by Crippen LogP contribution is -2.50. The first kappa shape index (κ1) is 42.1. The summed E-state index contributed by atoms with van der Waals surface area (Å²) in [6.45, 7) is 5.14. The van der Waals surface area contributed by atoms with Crippen molar-refractivity contribution in [2.75, 3.05) is 13.2 Å². The lowest BCUT2D eigenvalue weighted by atomic mass is 9.50. The number of alkyl halides is 5. The van der Waals surface area contributed by atoms with Crippen LogP contribution >= 0.6 is 11.6 Å². The summed E-state index contributed by atoms with van der Waals surface area (Å²) >= 11 is 6.42. The molecule has 0 spiro atoms. The molecule has 296 valence electrons. The van der Waals surface area contributed by atoms with Gasteiger partial charge >= 0.3 is 12.3 Å². The van der Waals surface area contributed by atoms with E-state index in [1.807, 2.05) is 49.6 Å². The number of hydrogen-bond donors (Lipinski definition) is 3. The number of halogens is 7. The smallest absolute Gasteiger partial charge is 0.411 e. The van der Waals surface area contributed by atoms with Crippen LogP contribution in [0.3, 0.4) is 0 Å². The summed E-state index contributed by atoms with van der Waals surface area (Å²) in [5.74, 6) is -3.18. The zero-order valence-corrected chi connectivity index (χ0v) is 32.1. The van der Waals surface area contributed by atoms with E-state index in [2.05, 4.69) is 25.6 Å². The van der Waals surface area contributed by atoms with Gasteiger partial charge in [0.1, 0.15) is 53.5 Å². The van der Waals surface area contributed by atoms with Gasteiger partial charge in [-0.25, -0.2) is 32.4 Å². The van der Waals surface area contributed by atoms with Crippen LogP contribution in [0.15, 0.2) is 48.9 Å². The van der Waals surface area contributed by atoms with Crippen molar-refractivity contribution in [1.82, 2.24) is 45.3 Å². The van der Waals surface area contributed by atoms with E-state index in [1.165, 1.54) is 41.3 Å². The van der Waals surface area contributed by atoms with Crippen LogP contribution in [0.1, 0.15) is 74.2 Å². The monoisotopic (exact) mass is 804 g/mol. The molecule has 1 fully saturated rings. The molecule has 2 heterocycles. The van der Waals surface area contributed by atoms with Crippen LogP contribution in [0.2, 0.25) is 5.02 Å². The van der Waals surface area contributed by atoms with Crippen LogP contribution in [-0.4, -0.2) is 101 Å². The van der Waals surface area contributed by atoms with E-state index in [4.69, 9.17) is 21.7 Å².